The molecule has 2 amide bonds. The number of para-hydroxylation sites is 1. The standard InChI is InChI=1S/C18H18N2O3/c1-19(13-7-3-2-4-8-13)11-14(21)12-20-17(22)15-9-5-6-10-16(15)18(20)23/h2-10,14,21H,11-12H2,1H3. The van der Waals surface area contributed by atoms with Gasteiger partial charge in [0.05, 0.1) is 23.8 Å². The number of β-amino-alcohol motifs (C(OH)–C–C–N with tert-alkyl or cyclic N) is 1. The Morgan fingerprint density at radius 1 is 0.957 bits per heavy atom. The van der Waals surface area contributed by atoms with Gasteiger partial charge in [0.25, 0.3) is 11.8 Å². The van der Waals surface area contributed by atoms with Crippen molar-refractivity contribution >= 4 is 17.5 Å². The van der Waals surface area contributed by atoms with Gasteiger partial charge < -0.3 is 10.0 Å². The van der Waals surface area contributed by atoms with E-state index in [9.17, 15) is 14.7 Å². The molecule has 1 aliphatic heterocycles. The summed E-state index contributed by atoms with van der Waals surface area (Å²) in [6.07, 6.45) is -0.817. The van der Waals surface area contributed by atoms with Crippen LogP contribution in [-0.4, -0.2) is 48.1 Å². The van der Waals surface area contributed by atoms with Crippen molar-refractivity contribution in [1.29, 1.82) is 0 Å². The minimum absolute atomic E-state index is 0.0104. The molecule has 0 saturated carbocycles. The van der Waals surface area contributed by atoms with Crippen LogP contribution in [0, 0.1) is 0 Å². The molecule has 1 atom stereocenters. The molecule has 2 aromatic rings. The monoisotopic (exact) mass is 310 g/mol. The molecule has 0 radical (unpaired) electrons. The van der Waals surface area contributed by atoms with Crippen molar-refractivity contribution < 1.29 is 14.7 Å². The Bertz CT molecular complexity index is 695. The molecule has 0 spiro atoms. The minimum Gasteiger partial charge on any atom is -0.389 e. The summed E-state index contributed by atoms with van der Waals surface area (Å²) < 4.78 is 0. The molecule has 23 heavy (non-hydrogen) atoms. The van der Waals surface area contributed by atoms with Gasteiger partial charge in [-0.05, 0) is 24.3 Å². The van der Waals surface area contributed by atoms with Crippen molar-refractivity contribution in [2.45, 2.75) is 6.10 Å². The first kappa shape index (κ1) is 15.2. The molecule has 0 aliphatic carbocycles. The smallest absolute Gasteiger partial charge is 0.261 e. The van der Waals surface area contributed by atoms with E-state index in [4.69, 9.17) is 0 Å². The third-order valence-corrected chi connectivity index (χ3v) is 3.95. The van der Waals surface area contributed by atoms with Crippen molar-refractivity contribution in [2.24, 2.45) is 0 Å². The number of imide groups is 1. The number of aliphatic hydroxyl groups excluding tert-OH is 1. The Morgan fingerprint density at radius 2 is 1.48 bits per heavy atom. The molecule has 1 aliphatic rings. The van der Waals surface area contributed by atoms with Crippen LogP contribution in [0.2, 0.25) is 0 Å². The molecule has 0 bridgehead atoms. The number of aliphatic hydroxyl groups is 1. The topological polar surface area (TPSA) is 60.9 Å². The number of nitrogens with zero attached hydrogens (tertiary/aromatic N) is 2. The predicted molar refractivity (Wildman–Crippen MR) is 87.5 cm³/mol. The predicted octanol–water partition coefficient (Wildman–Crippen LogP) is 1.78. The average Bonchev–Trinajstić information content (AvgIpc) is 2.81. The van der Waals surface area contributed by atoms with Crippen LogP contribution in [-0.2, 0) is 0 Å². The highest BCUT2D eigenvalue weighted by Crippen LogP contribution is 2.22. The lowest BCUT2D eigenvalue weighted by Crippen LogP contribution is -2.41. The maximum Gasteiger partial charge on any atom is 0.261 e. The summed E-state index contributed by atoms with van der Waals surface area (Å²) >= 11 is 0. The summed E-state index contributed by atoms with van der Waals surface area (Å²) in [5.41, 5.74) is 1.77. The molecule has 1 N–H and O–H groups in total. The highest BCUT2D eigenvalue weighted by atomic mass is 16.3. The zero-order valence-corrected chi connectivity index (χ0v) is 12.8. The SMILES string of the molecule is CN(CC(O)CN1C(=O)c2ccccc2C1=O)c1ccccc1. The second-order valence-electron chi connectivity index (χ2n) is 5.64. The van der Waals surface area contributed by atoms with Crippen molar-refractivity contribution in [1.82, 2.24) is 4.90 Å². The van der Waals surface area contributed by atoms with Gasteiger partial charge in [-0.3, -0.25) is 14.5 Å². The maximum absolute atomic E-state index is 12.3. The van der Waals surface area contributed by atoms with E-state index in [2.05, 4.69) is 0 Å². The molecule has 0 aromatic heterocycles. The number of anilines is 1. The van der Waals surface area contributed by atoms with Crippen LogP contribution in [0.1, 0.15) is 20.7 Å². The third kappa shape index (κ3) is 2.96. The molecule has 5 nitrogen and oxygen atoms in total. The van der Waals surface area contributed by atoms with Crippen LogP contribution in [0.3, 0.4) is 0 Å². The quantitative estimate of drug-likeness (QED) is 0.855. The summed E-state index contributed by atoms with van der Waals surface area (Å²) in [5, 5.41) is 10.3. The van der Waals surface area contributed by atoms with Gasteiger partial charge in [0.1, 0.15) is 0 Å². The van der Waals surface area contributed by atoms with Gasteiger partial charge in [-0.25, -0.2) is 0 Å². The molecule has 118 valence electrons. The third-order valence-electron chi connectivity index (χ3n) is 3.95. The van der Waals surface area contributed by atoms with Crippen molar-refractivity contribution in [3.8, 4) is 0 Å². The normalized spacial score (nSPS) is 14.8. The van der Waals surface area contributed by atoms with Gasteiger partial charge in [0.15, 0.2) is 0 Å². The van der Waals surface area contributed by atoms with Crippen LogP contribution in [0.5, 0.6) is 0 Å². The Morgan fingerprint density at radius 3 is 2.04 bits per heavy atom. The molecule has 1 unspecified atom stereocenters. The van der Waals surface area contributed by atoms with Crippen LogP contribution in [0.25, 0.3) is 0 Å². The minimum atomic E-state index is -0.817. The van der Waals surface area contributed by atoms with E-state index in [0.29, 0.717) is 17.7 Å². The lowest BCUT2D eigenvalue weighted by molar-refractivity contribution is 0.0552. The highest BCUT2D eigenvalue weighted by Gasteiger charge is 2.36. The Balaban J connectivity index is 1.66. The average molecular weight is 310 g/mol. The van der Waals surface area contributed by atoms with E-state index in [1.165, 1.54) is 0 Å². The van der Waals surface area contributed by atoms with Gasteiger partial charge >= 0.3 is 0 Å². The first-order valence-corrected chi connectivity index (χ1v) is 7.47. The van der Waals surface area contributed by atoms with Gasteiger partial charge in [0, 0.05) is 19.3 Å². The molecule has 1 heterocycles. The number of fused-ring (bicyclic) bond motifs is 1. The van der Waals surface area contributed by atoms with E-state index in [1.807, 2.05) is 42.3 Å². The number of benzene rings is 2. The molecular weight excluding hydrogens is 292 g/mol. The molecule has 5 heteroatoms. The zero-order valence-electron chi connectivity index (χ0n) is 12.8. The molecule has 0 saturated heterocycles. The first-order valence-electron chi connectivity index (χ1n) is 7.47. The first-order chi connectivity index (χ1) is 11.1. The summed E-state index contributed by atoms with van der Waals surface area (Å²) in [4.78, 5) is 27.6. The maximum atomic E-state index is 12.3. The molecule has 3 rings (SSSR count). The zero-order chi connectivity index (χ0) is 16.4. The fourth-order valence-electron chi connectivity index (χ4n) is 2.78. The fourth-order valence-corrected chi connectivity index (χ4v) is 2.78. The van der Waals surface area contributed by atoms with E-state index in [-0.39, 0.29) is 18.4 Å². The van der Waals surface area contributed by atoms with Crippen molar-refractivity contribution in [3.63, 3.8) is 0 Å². The Kier molecular flexibility index (Phi) is 4.12. The van der Waals surface area contributed by atoms with Gasteiger partial charge in [-0.1, -0.05) is 30.3 Å². The van der Waals surface area contributed by atoms with Crippen LogP contribution in [0.15, 0.2) is 54.6 Å². The number of rotatable bonds is 5. The number of hydrogen-bond donors (Lipinski definition) is 1. The summed E-state index contributed by atoms with van der Waals surface area (Å²) in [6.45, 7) is 0.320. The highest BCUT2D eigenvalue weighted by molar-refractivity contribution is 6.21. The molecular formula is C18H18N2O3. The van der Waals surface area contributed by atoms with E-state index >= 15 is 0 Å². The second kappa shape index (κ2) is 6.22. The molecule has 2 aromatic carbocycles. The Hall–Kier alpha value is -2.66. The summed E-state index contributed by atoms with van der Waals surface area (Å²) in [5.74, 6) is -0.681. The van der Waals surface area contributed by atoms with Crippen molar-refractivity contribution in [3.05, 3.63) is 65.7 Å². The van der Waals surface area contributed by atoms with Crippen LogP contribution >= 0.6 is 0 Å². The van der Waals surface area contributed by atoms with Gasteiger partial charge in [-0.2, -0.15) is 0 Å². The second-order valence-corrected chi connectivity index (χ2v) is 5.64. The van der Waals surface area contributed by atoms with Crippen LogP contribution < -0.4 is 4.90 Å². The number of amides is 2. The van der Waals surface area contributed by atoms with Crippen molar-refractivity contribution in [2.75, 3.05) is 25.0 Å². The number of carbonyl (C=O) groups excluding carboxylic acids is 2. The lowest BCUT2D eigenvalue weighted by Gasteiger charge is -2.25. The number of carbonyl (C=O) groups is 2. The number of hydrogen-bond acceptors (Lipinski definition) is 4. The molecule has 0 fully saturated rings. The van der Waals surface area contributed by atoms with Gasteiger partial charge in [0.2, 0.25) is 0 Å². The van der Waals surface area contributed by atoms with E-state index in [0.717, 1.165) is 10.6 Å². The summed E-state index contributed by atoms with van der Waals surface area (Å²) in [7, 11) is 1.86. The number of likely N-dealkylation sites (N-methyl/N-ethyl adjacent to an activating group) is 1. The summed E-state index contributed by atoms with van der Waals surface area (Å²) in [6, 6.07) is 16.4. The van der Waals surface area contributed by atoms with E-state index in [1.54, 1.807) is 24.3 Å². The van der Waals surface area contributed by atoms with Crippen LogP contribution in [0.4, 0.5) is 5.69 Å². The van der Waals surface area contributed by atoms with Gasteiger partial charge in [-0.15, -0.1) is 0 Å². The fraction of sp³-hybridized carbons (Fsp3) is 0.222. The largest absolute Gasteiger partial charge is 0.389 e. The Labute approximate surface area is 134 Å². The lowest BCUT2D eigenvalue weighted by atomic mass is 10.1. The van der Waals surface area contributed by atoms with E-state index < -0.39 is 6.10 Å².